The average Bonchev–Trinajstić information content (AvgIpc) is 2.74. The number of ether oxygens (including phenoxy) is 2. The zero-order valence-electron chi connectivity index (χ0n) is 16.5. The van der Waals surface area contributed by atoms with Crippen LogP contribution in [0.1, 0.15) is 10.4 Å². The highest BCUT2D eigenvalue weighted by molar-refractivity contribution is 5.96. The van der Waals surface area contributed by atoms with Crippen LogP contribution in [0.3, 0.4) is 0 Å². The van der Waals surface area contributed by atoms with Gasteiger partial charge < -0.3 is 30.3 Å². The summed E-state index contributed by atoms with van der Waals surface area (Å²) in [7, 11) is 3.28. The van der Waals surface area contributed by atoms with Crippen LogP contribution in [0.2, 0.25) is 0 Å². The van der Waals surface area contributed by atoms with Gasteiger partial charge in [0.05, 0.1) is 25.1 Å². The highest BCUT2D eigenvalue weighted by Gasteiger charge is 2.20. The molecule has 0 atom stereocenters. The van der Waals surface area contributed by atoms with Crippen molar-refractivity contribution in [3.05, 3.63) is 48.0 Å². The molecule has 1 heterocycles. The number of benzene rings is 2. The molecule has 1 saturated heterocycles. The Kier molecular flexibility index (Phi) is 6.60. The molecule has 0 aliphatic carbocycles. The second kappa shape index (κ2) is 9.32. The van der Waals surface area contributed by atoms with Crippen molar-refractivity contribution in [2.45, 2.75) is 0 Å². The molecule has 0 unspecified atom stereocenters. The Hall–Kier alpha value is -2.93. The van der Waals surface area contributed by atoms with Crippen LogP contribution in [-0.4, -0.2) is 59.5 Å². The Morgan fingerprint density at radius 1 is 1.04 bits per heavy atom. The van der Waals surface area contributed by atoms with Gasteiger partial charge in [-0.1, -0.05) is 0 Å². The smallest absolute Gasteiger partial charge is 0.251 e. The van der Waals surface area contributed by atoms with Crippen LogP contribution < -0.4 is 25.6 Å². The fourth-order valence-corrected chi connectivity index (χ4v) is 3.35. The number of anilines is 3. The van der Waals surface area contributed by atoms with Crippen molar-refractivity contribution in [1.29, 1.82) is 0 Å². The van der Waals surface area contributed by atoms with E-state index in [0.29, 0.717) is 24.4 Å². The number of methoxy groups -OCH3 is 2. The van der Waals surface area contributed by atoms with Crippen LogP contribution in [-0.2, 0) is 4.74 Å². The number of carbonyl (C=O) groups excluding carboxylic acids is 1. The van der Waals surface area contributed by atoms with Gasteiger partial charge >= 0.3 is 0 Å². The molecule has 28 heavy (non-hydrogen) atoms. The first-order chi connectivity index (χ1) is 13.6. The van der Waals surface area contributed by atoms with Gasteiger partial charge in [-0.3, -0.25) is 4.79 Å². The van der Waals surface area contributed by atoms with E-state index in [0.717, 1.165) is 37.6 Å². The van der Waals surface area contributed by atoms with E-state index in [1.54, 1.807) is 20.3 Å². The first-order valence-electron chi connectivity index (χ1n) is 9.43. The molecule has 150 valence electrons. The number of nitrogens with zero attached hydrogens (tertiary/aromatic N) is 2. The molecule has 0 bridgehead atoms. The van der Waals surface area contributed by atoms with Crippen LogP contribution in [0.15, 0.2) is 42.5 Å². The van der Waals surface area contributed by atoms with E-state index in [4.69, 9.17) is 15.2 Å². The molecule has 0 saturated carbocycles. The Bertz CT molecular complexity index is 787. The highest BCUT2D eigenvalue weighted by atomic mass is 16.5. The maximum atomic E-state index is 12.2. The number of amides is 1. The second-order valence-corrected chi connectivity index (χ2v) is 6.69. The van der Waals surface area contributed by atoms with Gasteiger partial charge in [0.1, 0.15) is 5.75 Å². The lowest BCUT2D eigenvalue weighted by molar-refractivity contribution is 0.0937. The first kappa shape index (κ1) is 19.8. The van der Waals surface area contributed by atoms with E-state index in [9.17, 15) is 4.79 Å². The summed E-state index contributed by atoms with van der Waals surface area (Å²) in [5.74, 6) is 0.723. The number of piperazine rings is 1. The lowest BCUT2D eigenvalue weighted by Crippen LogP contribution is -2.46. The van der Waals surface area contributed by atoms with Crippen molar-refractivity contribution in [2.75, 3.05) is 69.1 Å². The van der Waals surface area contributed by atoms with Crippen molar-refractivity contribution in [1.82, 2.24) is 5.32 Å². The lowest BCUT2D eigenvalue weighted by Gasteiger charge is -2.38. The van der Waals surface area contributed by atoms with Gasteiger partial charge in [0.25, 0.3) is 5.91 Å². The largest absolute Gasteiger partial charge is 0.497 e. The van der Waals surface area contributed by atoms with Gasteiger partial charge in [0, 0.05) is 51.1 Å². The minimum Gasteiger partial charge on any atom is -0.497 e. The SMILES string of the molecule is COCCNC(=O)c1ccc(N2CCN(c3ccc(OC)cc3)CC2)c(N)c1. The zero-order valence-corrected chi connectivity index (χ0v) is 16.5. The number of hydrogen-bond acceptors (Lipinski definition) is 6. The minimum absolute atomic E-state index is 0.139. The van der Waals surface area contributed by atoms with E-state index >= 15 is 0 Å². The standard InChI is InChI=1S/C21H28N4O3/c1-27-14-9-23-21(26)16-3-8-20(19(22)15-16)25-12-10-24(11-13-25)17-4-6-18(28-2)7-5-17/h3-8,15H,9-14,22H2,1-2H3,(H,23,26). The maximum Gasteiger partial charge on any atom is 0.251 e. The molecule has 3 N–H and O–H groups in total. The van der Waals surface area contributed by atoms with Gasteiger partial charge in [-0.2, -0.15) is 0 Å². The number of nitrogens with one attached hydrogen (secondary N) is 1. The monoisotopic (exact) mass is 384 g/mol. The van der Waals surface area contributed by atoms with Crippen molar-refractivity contribution in [3.8, 4) is 5.75 Å². The maximum absolute atomic E-state index is 12.2. The molecule has 7 nitrogen and oxygen atoms in total. The van der Waals surface area contributed by atoms with E-state index < -0.39 is 0 Å². The van der Waals surface area contributed by atoms with Gasteiger partial charge in [-0.15, -0.1) is 0 Å². The molecule has 1 aliphatic rings. The molecule has 1 aliphatic heterocycles. The van der Waals surface area contributed by atoms with E-state index in [-0.39, 0.29) is 5.91 Å². The third-order valence-electron chi connectivity index (χ3n) is 4.94. The Balaban J connectivity index is 1.59. The molecule has 2 aromatic carbocycles. The lowest BCUT2D eigenvalue weighted by atomic mass is 10.1. The number of carbonyl (C=O) groups is 1. The van der Waals surface area contributed by atoms with E-state index in [2.05, 4.69) is 27.2 Å². The van der Waals surface area contributed by atoms with Crippen molar-refractivity contribution >= 4 is 23.0 Å². The van der Waals surface area contributed by atoms with Crippen LogP contribution >= 0.6 is 0 Å². The van der Waals surface area contributed by atoms with E-state index in [1.807, 2.05) is 24.3 Å². The average molecular weight is 384 g/mol. The number of nitrogens with two attached hydrogens (primary N) is 1. The normalized spacial score (nSPS) is 14.1. The van der Waals surface area contributed by atoms with Gasteiger partial charge in [-0.25, -0.2) is 0 Å². The summed E-state index contributed by atoms with van der Waals surface area (Å²) < 4.78 is 10.2. The summed E-state index contributed by atoms with van der Waals surface area (Å²) in [6.45, 7) is 4.52. The molecule has 1 fully saturated rings. The predicted octanol–water partition coefficient (Wildman–Crippen LogP) is 1.98. The van der Waals surface area contributed by atoms with Gasteiger partial charge in [0.15, 0.2) is 0 Å². The summed E-state index contributed by atoms with van der Waals surface area (Å²) in [6, 6.07) is 13.6. The van der Waals surface area contributed by atoms with Crippen molar-refractivity contribution in [3.63, 3.8) is 0 Å². The molecule has 7 heteroatoms. The summed E-state index contributed by atoms with van der Waals surface area (Å²) in [5, 5.41) is 2.81. The van der Waals surface area contributed by atoms with Crippen LogP contribution in [0.4, 0.5) is 17.1 Å². The molecule has 1 amide bonds. The number of rotatable bonds is 7. The molecule has 3 rings (SSSR count). The van der Waals surface area contributed by atoms with Crippen LogP contribution in [0.25, 0.3) is 0 Å². The van der Waals surface area contributed by atoms with Crippen molar-refractivity contribution in [2.24, 2.45) is 0 Å². The van der Waals surface area contributed by atoms with Crippen molar-refractivity contribution < 1.29 is 14.3 Å². The zero-order chi connectivity index (χ0) is 19.9. The van der Waals surface area contributed by atoms with Crippen LogP contribution in [0, 0.1) is 0 Å². The van der Waals surface area contributed by atoms with Gasteiger partial charge in [0.2, 0.25) is 0 Å². The minimum atomic E-state index is -0.139. The van der Waals surface area contributed by atoms with Crippen LogP contribution in [0.5, 0.6) is 5.75 Å². The quantitative estimate of drug-likeness (QED) is 0.561. The van der Waals surface area contributed by atoms with Gasteiger partial charge in [-0.05, 0) is 42.5 Å². The number of nitrogen functional groups attached to an aromatic ring is 1. The number of hydrogen-bond donors (Lipinski definition) is 2. The molecule has 0 spiro atoms. The topological polar surface area (TPSA) is 80.1 Å². The summed E-state index contributed by atoms with van der Waals surface area (Å²) in [5.41, 5.74) is 9.60. The fourth-order valence-electron chi connectivity index (χ4n) is 3.35. The molecular formula is C21H28N4O3. The summed E-state index contributed by atoms with van der Waals surface area (Å²) in [4.78, 5) is 16.8. The first-order valence-corrected chi connectivity index (χ1v) is 9.43. The summed E-state index contributed by atoms with van der Waals surface area (Å²) >= 11 is 0. The molecular weight excluding hydrogens is 356 g/mol. The Morgan fingerprint density at radius 2 is 1.71 bits per heavy atom. The molecule has 0 radical (unpaired) electrons. The van der Waals surface area contributed by atoms with E-state index in [1.165, 1.54) is 5.69 Å². The Labute approximate surface area is 166 Å². The third kappa shape index (κ3) is 4.67. The predicted molar refractivity (Wildman–Crippen MR) is 112 cm³/mol. The molecule has 2 aromatic rings. The Morgan fingerprint density at radius 3 is 2.32 bits per heavy atom. The second-order valence-electron chi connectivity index (χ2n) is 6.69. The summed E-state index contributed by atoms with van der Waals surface area (Å²) in [6.07, 6.45) is 0. The fraction of sp³-hybridized carbons (Fsp3) is 0.381. The highest BCUT2D eigenvalue weighted by Crippen LogP contribution is 2.27. The third-order valence-corrected chi connectivity index (χ3v) is 4.94. The molecule has 0 aromatic heterocycles.